The Morgan fingerprint density at radius 1 is 0.333 bits per heavy atom. The Bertz CT molecular complexity index is 1680. The van der Waals surface area contributed by atoms with Crippen LogP contribution in [0.15, 0.2) is 0 Å². The Hall–Kier alpha value is -1.94. The van der Waals surface area contributed by atoms with E-state index in [1.807, 2.05) is 0 Å². The quantitative estimate of drug-likeness (QED) is 0.0222. The zero-order chi connectivity index (χ0) is 62.5. The minimum atomic E-state index is -4.95. The van der Waals surface area contributed by atoms with Gasteiger partial charge in [0.2, 0.25) is 0 Å². The number of unbranched alkanes of at least 4 members (excludes halogenated alkanes) is 27. The molecule has 0 heterocycles. The predicted molar refractivity (Wildman–Crippen MR) is 335 cm³/mol. The highest BCUT2D eigenvalue weighted by Gasteiger charge is 2.30. The average molecular weight is 1240 g/mol. The van der Waals surface area contributed by atoms with Gasteiger partial charge in [0.15, 0.2) is 12.2 Å². The van der Waals surface area contributed by atoms with Crippen molar-refractivity contribution in [2.45, 2.75) is 331 Å². The first-order valence-corrected chi connectivity index (χ1v) is 36.7. The second-order valence-corrected chi connectivity index (χ2v) is 28.1. The molecule has 0 aliphatic heterocycles. The topological polar surface area (TPSA) is 237 Å². The summed E-state index contributed by atoms with van der Waals surface area (Å²) < 4.78 is 68.0. The molecule has 0 saturated heterocycles. The summed E-state index contributed by atoms with van der Waals surface area (Å²) >= 11 is 0. The van der Waals surface area contributed by atoms with Crippen LogP contribution in [0.5, 0.6) is 0 Å². The first kappa shape index (κ1) is 82.1. The number of aliphatic hydroxyl groups is 1. The molecule has 17 nitrogen and oxygen atoms in total. The van der Waals surface area contributed by atoms with Gasteiger partial charge < -0.3 is 33.8 Å². The maximum Gasteiger partial charge on any atom is 0.472 e. The zero-order valence-corrected chi connectivity index (χ0v) is 56.3. The molecule has 0 radical (unpaired) electrons. The number of rotatable bonds is 62. The SMILES string of the molecule is CCC(C)CCCCCCCCC(=O)OC[C@H](COP(=O)(O)OCC(O)COP(=O)(O)OC[C@@H](COC(=O)CCCCCCCCCC(C)C)OC(=O)CCCCCCCCC(C)C)OC(=O)CCCCCCCCCCCCCCC(C)C. The van der Waals surface area contributed by atoms with E-state index in [-0.39, 0.29) is 25.7 Å². The lowest BCUT2D eigenvalue weighted by atomic mass is 10.00. The van der Waals surface area contributed by atoms with Gasteiger partial charge in [0.25, 0.3) is 0 Å². The van der Waals surface area contributed by atoms with Crippen LogP contribution in [0, 0.1) is 23.7 Å². The molecule has 0 aliphatic rings. The number of esters is 4. The van der Waals surface area contributed by atoms with Crippen molar-refractivity contribution in [3.8, 4) is 0 Å². The fourth-order valence-corrected chi connectivity index (χ4v) is 11.2. The van der Waals surface area contributed by atoms with Crippen molar-refractivity contribution in [3.05, 3.63) is 0 Å². The monoisotopic (exact) mass is 1240 g/mol. The van der Waals surface area contributed by atoms with E-state index in [0.717, 1.165) is 115 Å². The van der Waals surface area contributed by atoms with Crippen LogP contribution < -0.4 is 0 Å². The lowest BCUT2D eigenvalue weighted by molar-refractivity contribution is -0.161. The standard InChI is InChI=1S/C65H126O17P2/c1-9-58(8)44-36-28-22-24-30-38-46-63(68)76-52-60(81-64(69)47-39-31-19-15-13-11-10-12-14-17-25-33-41-55(2)3)53-79-83(71,72)77-49-59(66)50-78-84(73,74)80-54-61(82-65(70)48-40-32-23-21-27-35-43-57(6)7)51-75-62(67)45-37-29-20-16-18-26-34-42-56(4)5/h55-61,66H,9-54H2,1-8H3,(H,71,72)(H,73,74)/t58?,59?,60-,61-/m1/s1. The zero-order valence-electron chi connectivity index (χ0n) is 54.5. The summed E-state index contributed by atoms with van der Waals surface area (Å²) in [6.45, 7) is 13.9. The Kier molecular flexibility index (Phi) is 53.9. The summed E-state index contributed by atoms with van der Waals surface area (Å²) in [5.74, 6) is 0.740. The van der Waals surface area contributed by atoms with Crippen molar-refractivity contribution in [2.24, 2.45) is 23.7 Å². The molecule has 0 aromatic rings. The molecule has 0 bridgehead atoms. The predicted octanol–water partition coefficient (Wildman–Crippen LogP) is 17.8. The lowest BCUT2D eigenvalue weighted by Crippen LogP contribution is -2.30. The molecular weight excluding hydrogens is 1110 g/mol. The van der Waals surface area contributed by atoms with Gasteiger partial charge in [-0.05, 0) is 49.4 Å². The van der Waals surface area contributed by atoms with Crippen LogP contribution >= 0.6 is 15.6 Å². The minimum absolute atomic E-state index is 0.101. The fraction of sp³-hybridized carbons (Fsp3) is 0.938. The molecular formula is C65H126O17P2. The summed E-state index contributed by atoms with van der Waals surface area (Å²) in [4.78, 5) is 72.2. The van der Waals surface area contributed by atoms with E-state index in [2.05, 4.69) is 55.4 Å². The molecule has 0 spiro atoms. The van der Waals surface area contributed by atoms with Gasteiger partial charge in [-0.2, -0.15) is 0 Å². The molecule has 4 unspecified atom stereocenters. The third-order valence-electron chi connectivity index (χ3n) is 15.2. The maximum absolute atomic E-state index is 13.0. The molecule has 6 atom stereocenters. The van der Waals surface area contributed by atoms with Gasteiger partial charge in [-0.15, -0.1) is 0 Å². The van der Waals surface area contributed by atoms with E-state index in [4.69, 9.17) is 37.0 Å². The van der Waals surface area contributed by atoms with Gasteiger partial charge in [0, 0.05) is 25.7 Å². The summed E-state index contributed by atoms with van der Waals surface area (Å²) in [5, 5.41) is 10.5. The molecule has 19 heteroatoms. The lowest BCUT2D eigenvalue weighted by Gasteiger charge is -2.21. The average Bonchev–Trinajstić information content (AvgIpc) is 3.46. The summed E-state index contributed by atoms with van der Waals surface area (Å²) in [5.41, 5.74) is 0. The number of phosphoric ester groups is 2. The van der Waals surface area contributed by atoms with E-state index in [1.54, 1.807) is 0 Å². The summed E-state index contributed by atoms with van der Waals surface area (Å²) in [7, 11) is -9.89. The van der Waals surface area contributed by atoms with Crippen molar-refractivity contribution in [1.82, 2.24) is 0 Å². The Balaban J connectivity index is 5.24. The molecule has 0 rings (SSSR count). The molecule has 0 saturated carbocycles. The number of carbonyl (C=O) groups is 4. The number of carbonyl (C=O) groups excluding carboxylic acids is 4. The van der Waals surface area contributed by atoms with E-state index < -0.39 is 97.5 Å². The van der Waals surface area contributed by atoms with Gasteiger partial charge in [0.1, 0.15) is 19.3 Å². The molecule has 498 valence electrons. The smallest absolute Gasteiger partial charge is 0.462 e. The van der Waals surface area contributed by atoms with Crippen LogP contribution in [-0.4, -0.2) is 96.7 Å². The Labute approximate surface area is 511 Å². The first-order valence-electron chi connectivity index (χ1n) is 33.7. The van der Waals surface area contributed by atoms with Gasteiger partial charge >= 0.3 is 39.5 Å². The summed E-state index contributed by atoms with van der Waals surface area (Å²) in [6, 6.07) is 0. The normalized spacial score (nSPS) is 14.7. The van der Waals surface area contributed by atoms with E-state index >= 15 is 0 Å². The number of ether oxygens (including phenoxy) is 4. The van der Waals surface area contributed by atoms with Crippen molar-refractivity contribution in [1.29, 1.82) is 0 Å². The van der Waals surface area contributed by atoms with E-state index in [1.165, 1.54) is 103 Å². The fourth-order valence-electron chi connectivity index (χ4n) is 9.57. The van der Waals surface area contributed by atoms with E-state index in [9.17, 15) is 43.2 Å². The number of hydrogen-bond donors (Lipinski definition) is 3. The number of hydrogen-bond acceptors (Lipinski definition) is 15. The maximum atomic E-state index is 13.0. The highest BCUT2D eigenvalue weighted by Crippen LogP contribution is 2.45. The molecule has 0 amide bonds. The van der Waals surface area contributed by atoms with Gasteiger partial charge in [-0.1, -0.05) is 261 Å². The highest BCUT2D eigenvalue weighted by molar-refractivity contribution is 7.47. The van der Waals surface area contributed by atoms with Crippen LogP contribution in [0.4, 0.5) is 0 Å². The third kappa shape index (κ3) is 57.8. The van der Waals surface area contributed by atoms with Crippen LogP contribution in [0.2, 0.25) is 0 Å². The van der Waals surface area contributed by atoms with Crippen molar-refractivity contribution in [3.63, 3.8) is 0 Å². The van der Waals surface area contributed by atoms with E-state index in [0.29, 0.717) is 37.5 Å². The largest absolute Gasteiger partial charge is 0.472 e. The second-order valence-electron chi connectivity index (χ2n) is 25.2. The number of aliphatic hydroxyl groups excluding tert-OH is 1. The second kappa shape index (κ2) is 55.2. The molecule has 0 aliphatic carbocycles. The van der Waals surface area contributed by atoms with Crippen molar-refractivity contribution < 1.29 is 80.2 Å². The van der Waals surface area contributed by atoms with Gasteiger partial charge in [-0.25, -0.2) is 9.13 Å². The van der Waals surface area contributed by atoms with Crippen LogP contribution in [0.1, 0.15) is 312 Å². The Morgan fingerprint density at radius 2 is 0.571 bits per heavy atom. The van der Waals surface area contributed by atoms with Crippen LogP contribution in [0.3, 0.4) is 0 Å². The molecule has 0 fully saturated rings. The highest BCUT2D eigenvalue weighted by atomic mass is 31.2. The molecule has 0 aromatic carbocycles. The molecule has 3 N–H and O–H groups in total. The minimum Gasteiger partial charge on any atom is -0.462 e. The molecule has 84 heavy (non-hydrogen) atoms. The molecule has 0 aromatic heterocycles. The van der Waals surface area contributed by atoms with Gasteiger partial charge in [-0.3, -0.25) is 37.3 Å². The van der Waals surface area contributed by atoms with Gasteiger partial charge in [0.05, 0.1) is 26.4 Å². The summed E-state index contributed by atoms with van der Waals surface area (Å²) in [6.07, 6.45) is 35.1. The first-order chi connectivity index (χ1) is 40.1. The third-order valence-corrected chi connectivity index (χ3v) is 17.1. The van der Waals surface area contributed by atoms with Crippen molar-refractivity contribution in [2.75, 3.05) is 39.6 Å². The Morgan fingerprint density at radius 3 is 0.845 bits per heavy atom. The van der Waals surface area contributed by atoms with Crippen molar-refractivity contribution >= 4 is 39.5 Å². The van der Waals surface area contributed by atoms with Crippen LogP contribution in [-0.2, 0) is 65.4 Å². The number of phosphoric acid groups is 2. The van der Waals surface area contributed by atoms with Crippen LogP contribution in [0.25, 0.3) is 0 Å².